The summed E-state index contributed by atoms with van der Waals surface area (Å²) >= 11 is 0. The monoisotopic (exact) mass is 458 g/mol. The Balaban J connectivity index is 1.84. The highest BCUT2D eigenvalue weighted by Gasteiger charge is 2.30. The van der Waals surface area contributed by atoms with Crippen molar-refractivity contribution in [1.82, 2.24) is 15.3 Å². The van der Waals surface area contributed by atoms with Crippen molar-refractivity contribution in [2.75, 3.05) is 13.2 Å². The largest absolute Gasteiger partial charge is 0.356 e. The van der Waals surface area contributed by atoms with Crippen molar-refractivity contribution >= 4 is 5.91 Å². The SMILES string of the molecule is CC(C)(Cc1nc(-c2cccc(F)c2)c(Cc2cccc(F)c2)[nH]1)C(=O)NCC[C@@H](N)CF. The van der Waals surface area contributed by atoms with Gasteiger partial charge in [0.1, 0.15) is 24.1 Å². The van der Waals surface area contributed by atoms with E-state index in [1.807, 2.05) is 0 Å². The lowest BCUT2D eigenvalue weighted by Crippen LogP contribution is -2.40. The number of halogens is 3. The first-order valence-corrected chi connectivity index (χ1v) is 10.9. The highest BCUT2D eigenvalue weighted by Crippen LogP contribution is 2.28. The Labute approximate surface area is 191 Å². The van der Waals surface area contributed by atoms with Crippen molar-refractivity contribution in [3.8, 4) is 11.3 Å². The zero-order chi connectivity index (χ0) is 24.0. The molecule has 8 heteroatoms. The standard InChI is InChI=1S/C25H29F3N4O/c1-25(2,24(33)30-10-9-20(29)15-26)14-22-31-21(12-16-5-3-7-18(27)11-16)23(32-22)17-6-4-8-19(28)13-17/h3-8,11,13,20H,9-10,12,14-15,29H2,1-2H3,(H,30,33)(H,31,32)/t20-/m1/s1. The van der Waals surface area contributed by atoms with E-state index in [-0.39, 0.29) is 24.1 Å². The maximum Gasteiger partial charge on any atom is 0.226 e. The van der Waals surface area contributed by atoms with Crippen molar-refractivity contribution in [1.29, 1.82) is 0 Å². The van der Waals surface area contributed by atoms with E-state index in [0.29, 0.717) is 42.0 Å². The van der Waals surface area contributed by atoms with Crippen LogP contribution in [-0.4, -0.2) is 35.1 Å². The average Bonchev–Trinajstić information content (AvgIpc) is 3.14. The molecule has 3 aromatic rings. The summed E-state index contributed by atoms with van der Waals surface area (Å²) in [6.45, 7) is 3.22. The van der Waals surface area contributed by atoms with Gasteiger partial charge in [0.15, 0.2) is 0 Å². The van der Waals surface area contributed by atoms with Crippen LogP contribution in [0.4, 0.5) is 13.2 Å². The second kappa shape index (κ2) is 10.7. The predicted octanol–water partition coefficient (Wildman–Crippen LogP) is 4.32. The minimum Gasteiger partial charge on any atom is -0.356 e. The summed E-state index contributed by atoms with van der Waals surface area (Å²) in [7, 11) is 0. The number of carbonyl (C=O) groups is 1. The van der Waals surface area contributed by atoms with Gasteiger partial charge in [-0.05, 0) is 36.2 Å². The lowest BCUT2D eigenvalue weighted by atomic mass is 9.88. The first-order valence-electron chi connectivity index (χ1n) is 10.9. The smallest absolute Gasteiger partial charge is 0.226 e. The van der Waals surface area contributed by atoms with E-state index in [2.05, 4.69) is 15.3 Å². The van der Waals surface area contributed by atoms with Gasteiger partial charge < -0.3 is 16.0 Å². The number of benzene rings is 2. The molecule has 3 rings (SSSR count). The number of H-pyrrole nitrogens is 1. The summed E-state index contributed by atoms with van der Waals surface area (Å²) in [6, 6.07) is 11.7. The van der Waals surface area contributed by atoms with Crippen LogP contribution >= 0.6 is 0 Å². The van der Waals surface area contributed by atoms with Crippen molar-refractivity contribution < 1.29 is 18.0 Å². The van der Waals surface area contributed by atoms with E-state index in [9.17, 15) is 18.0 Å². The molecule has 33 heavy (non-hydrogen) atoms. The Kier molecular flexibility index (Phi) is 7.92. The molecule has 0 fully saturated rings. The van der Waals surface area contributed by atoms with Gasteiger partial charge >= 0.3 is 0 Å². The molecule has 1 aromatic heterocycles. The van der Waals surface area contributed by atoms with Crippen molar-refractivity contribution in [3.63, 3.8) is 0 Å². The lowest BCUT2D eigenvalue weighted by Gasteiger charge is -2.23. The van der Waals surface area contributed by atoms with E-state index >= 15 is 0 Å². The predicted molar refractivity (Wildman–Crippen MR) is 122 cm³/mol. The molecule has 0 saturated heterocycles. The maximum atomic E-state index is 13.9. The van der Waals surface area contributed by atoms with Crippen LogP contribution in [0.1, 0.15) is 37.4 Å². The number of aromatic nitrogens is 2. The molecule has 176 valence electrons. The third kappa shape index (κ3) is 6.68. The second-order valence-corrected chi connectivity index (χ2v) is 8.85. The Morgan fingerprint density at radius 1 is 1.15 bits per heavy atom. The number of amides is 1. The summed E-state index contributed by atoms with van der Waals surface area (Å²) in [4.78, 5) is 20.6. The van der Waals surface area contributed by atoms with Gasteiger partial charge in [0, 0.05) is 36.7 Å². The van der Waals surface area contributed by atoms with Gasteiger partial charge in [-0.1, -0.05) is 38.1 Å². The molecule has 0 spiro atoms. The molecule has 5 nitrogen and oxygen atoms in total. The van der Waals surface area contributed by atoms with E-state index in [1.165, 1.54) is 24.3 Å². The zero-order valence-electron chi connectivity index (χ0n) is 18.8. The van der Waals surface area contributed by atoms with Gasteiger partial charge in [-0.2, -0.15) is 0 Å². The number of rotatable bonds is 10. The van der Waals surface area contributed by atoms with Gasteiger partial charge in [0.25, 0.3) is 0 Å². The van der Waals surface area contributed by atoms with Gasteiger partial charge in [0.05, 0.1) is 11.1 Å². The van der Waals surface area contributed by atoms with E-state index in [4.69, 9.17) is 5.73 Å². The number of imidazole rings is 1. The summed E-state index contributed by atoms with van der Waals surface area (Å²) in [6.07, 6.45) is 1.00. The van der Waals surface area contributed by atoms with Gasteiger partial charge in [0.2, 0.25) is 5.91 Å². The molecular formula is C25H29F3N4O. The third-order valence-electron chi connectivity index (χ3n) is 5.42. The molecule has 1 heterocycles. The number of carbonyl (C=O) groups excluding carboxylic acids is 1. The summed E-state index contributed by atoms with van der Waals surface area (Å²) in [5.41, 5.74) is 7.33. The van der Waals surface area contributed by atoms with E-state index in [0.717, 1.165) is 5.56 Å². The second-order valence-electron chi connectivity index (χ2n) is 8.85. The van der Waals surface area contributed by atoms with Crippen molar-refractivity contribution in [2.45, 2.75) is 39.2 Å². The van der Waals surface area contributed by atoms with Crippen LogP contribution in [0.5, 0.6) is 0 Å². The highest BCUT2D eigenvalue weighted by atomic mass is 19.1. The van der Waals surface area contributed by atoms with Gasteiger partial charge in [-0.3, -0.25) is 4.79 Å². The minimum atomic E-state index is -0.813. The van der Waals surface area contributed by atoms with E-state index < -0.39 is 18.1 Å². The normalized spacial score (nSPS) is 12.5. The summed E-state index contributed by atoms with van der Waals surface area (Å²) in [5, 5.41) is 2.80. The van der Waals surface area contributed by atoms with Gasteiger partial charge in [-0.15, -0.1) is 0 Å². The molecule has 2 aromatic carbocycles. The first kappa shape index (κ1) is 24.5. The van der Waals surface area contributed by atoms with Crippen LogP contribution < -0.4 is 11.1 Å². The molecule has 0 unspecified atom stereocenters. The quantitative estimate of drug-likeness (QED) is 0.423. The molecule has 4 N–H and O–H groups in total. The fourth-order valence-electron chi connectivity index (χ4n) is 3.59. The molecule has 0 aliphatic heterocycles. The van der Waals surface area contributed by atoms with Crippen LogP contribution in [0.25, 0.3) is 11.3 Å². The number of nitrogens with zero attached hydrogens (tertiary/aromatic N) is 1. The van der Waals surface area contributed by atoms with Crippen LogP contribution in [0.2, 0.25) is 0 Å². The van der Waals surface area contributed by atoms with Crippen LogP contribution in [0, 0.1) is 17.0 Å². The number of hydrogen-bond acceptors (Lipinski definition) is 3. The lowest BCUT2D eigenvalue weighted by molar-refractivity contribution is -0.129. The Morgan fingerprint density at radius 2 is 1.85 bits per heavy atom. The molecule has 0 saturated carbocycles. The first-order chi connectivity index (χ1) is 15.7. The number of nitrogens with one attached hydrogen (secondary N) is 2. The fourth-order valence-corrected chi connectivity index (χ4v) is 3.59. The Hall–Kier alpha value is -3.13. The number of alkyl halides is 1. The van der Waals surface area contributed by atoms with Crippen LogP contribution in [0.15, 0.2) is 48.5 Å². The molecular weight excluding hydrogens is 429 g/mol. The maximum absolute atomic E-state index is 13.9. The Bertz CT molecular complexity index is 1100. The fraction of sp³-hybridized carbons (Fsp3) is 0.360. The van der Waals surface area contributed by atoms with Crippen LogP contribution in [-0.2, 0) is 17.6 Å². The number of nitrogens with two attached hydrogens (primary N) is 1. The van der Waals surface area contributed by atoms with Crippen molar-refractivity contribution in [2.24, 2.45) is 11.1 Å². The number of aromatic amines is 1. The molecule has 0 aliphatic carbocycles. The van der Waals surface area contributed by atoms with E-state index in [1.54, 1.807) is 38.1 Å². The topological polar surface area (TPSA) is 83.8 Å². The molecule has 1 atom stereocenters. The molecule has 0 bridgehead atoms. The van der Waals surface area contributed by atoms with Crippen molar-refractivity contribution in [3.05, 3.63) is 77.2 Å². The average molecular weight is 459 g/mol. The molecule has 0 radical (unpaired) electrons. The summed E-state index contributed by atoms with van der Waals surface area (Å²) < 4.78 is 40.1. The molecule has 1 amide bonds. The number of hydrogen-bond donors (Lipinski definition) is 3. The third-order valence-corrected chi connectivity index (χ3v) is 5.42. The van der Waals surface area contributed by atoms with Crippen LogP contribution in [0.3, 0.4) is 0 Å². The molecule has 0 aliphatic rings. The highest BCUT2D eigenvalue weighted by molar-refractivity contribution is 5.82. The van der Waals surface area contributed by atoms with Gasteiger partial charge in [-0.25, -0.2) is 18.2 Å². The summed E-state index contributed by atoms with van der Waals surface area (Å²) in [5.74, 6) is -0.380. The minimum absolute atomic E-state index is 0.205. The zero-order valence-corrected chi connectivity index (χ0v) is 18.8. The Morgan fingerprint density at radius 3 is 2.52 bits per heavy atom.